The molecule has 0 unspecified atom stereocenters. The highest BCUT2D eigenvalue weighted by Crippen LogP contribution is 2.35. The van der Waals surface area contributed by atoms with E-state index in [1.54, 1.807) is 22.0 Å². The molecule has 0 bridgehead atoms. The topological polar surface area (TPSA) is 83.5 Å². The molecule has 0 saturated heterocycles. The molecule has 8 heteroatoms. The fraction of sp³-hybridized carbons (Fsp3) is 0.312. The molecule has 0 radical (unpaired) electrons. The average molecular weight is 360 g/mol. The second-order valence-corrected chi connectivity index (χ2v) is 7.73. The van der Waals surface area contributed by atoms with Crippen molar-refractivity contribution in [2.45, 2.75) is 36.7 Å². The molecule has 0 spiro atoms. The molecule has 0 amide bonds. The predicted octanol–water partition coefficient (Wildman–Crippen LogP) is 2.44. The zero-order chi connectivity index (χ0) is 16.7. The highest BCUT2D eigenvalue weighted by Gasteiger charge is 2.23. The summed E-state index contributed by atoms with van der Waals surface area (Å²) in [6.07, 6.45) is 4.85. The molecule has 6 nitrogen and oxygen atoms in total. The van der Waals surface area contributed by atoms with E-state index in [0.717, 1.165) is 35.2 Å². The lowest BCUT2D eigenvalue weighted by Crippen LogP contribution is -2.22. The first-order valence-electron chi connectivity index (χ1n) is 7.72. The van der Waals surface area contributed by atoms with Crippen molar-refractivity contribution in [2.75, 3.05) is 0 Å². The number of aromatic amines is 2. The number of aromatic nitrogens is 4. The van der Waals surface area contributed by atoms with Gasteiger partial charge in [-0.05, 0) is 24.8 Å². The molecule has 3 heterocycles. The number of thioether (sulfide) groups is 1. The minimum atomic E-state index is -0.160. The summed E-state index contributed by atoms with van der Waals surface area (Å²) in [7, 11) is 0. The molecular formula is C16H16N4O2S2. The van der Waals surface area contributed by atoms with Crippen molar-refractivity contribution < 1.29 is 0 Å². The van der Waals surface area contributed by atoms with Crippen LogP contribution in [0.25, 0.3) is 10.2 Å². The first-order valence-corrected chi connectivity index (χ1v) is 9.53. The largest absolute Gasteiger partial charge is 0.301 e. The third kappa shape index (κ3) is 2.55. The summed E-state index contributed by atoms with van der Waals surface area (Å²) in [5.74, 6) is 0.541. The van der Waals surface area contributed by atoms with Gasteiger partial charge in [0.15, 0.2) is 5.16 Å². The number of fused-ring (bicyclic) bond motifs is 3. The van der Waals surface area contributed by atoms with E-state index in [4.69, 9.17) is 4.98 Å². The second kappa shape index (κ2) is 6.10. The highest BCUT2D eigenvalue weighted by molar-refractivity contribution is 7.98. The van der Waals surface area contributed by atoms with E-state index >= 15 is 0 Å². The number of nitrogens with zero attached hydrogens (tertiary/aromatic N) is 2. The second-order valence-electron chi connectivity index (χ2n) is 5.71. The maximum Gasteiger partial charge on any atom is 0.264 e. The van der Waals surface area contributed by atoms with Crippen LogP contribution < -0.4 is 11.1 Å². The molecule has 0 aliphatic heterocycles. The lowest BCUT2D eigenvalue weighted by Gasteiger charge is -2.10. The van der Waals surface area contributed by atoms with Gasteiger partial charge >= 0.3 is 0 Å². The fourth-order valence-corrected chi connectivity index (χ4v) is 5.27. The maximum atomic E-state index is 13.0. The molecule has 3 aromatic rings. The van der Waals surface area contributed by atoms with E-state index in [2.05, 4.69) is 16.8 Å². The van der Waals surface area contributed by atoms with Gasteiger partial charge in [-0.2, -0.15) is 0 Å². The van der Waals surface area contributed by atoms with Crippen LogP contribution >= 0.6 is 23.1 Å². The van der Waals surface area contributed by atoms with Crippen LogP contribution in [0.3, 0.4) is 0 Å². The number of allylic oxidation sites excluding steroid dienone is 1. The number of nitrogens with one attached hydrogen (secondary N) is 2. The van der Waals surface area contributed by atoms with E-state index < -0.39 is 0 Å². The highest BCUT2D eigenvalue weighted by atomic mass is 32.2. The molecule has 1 aliphatic carbocycles. The molecule has 24 heavy (non-hydrogen) atoms. The monoisotopic (exact) mass is 360 g/mol. The first kappa shape index (κ1) is 15.5. The molecule has 0 aromatic carbocycles. The lowest BCUT2D eigenvalue weighted by atomic mass is 10.2. The van der Waals surface area contributed by atoms with Gasteiger partial charge in [0.1, 0.15) is 4.83 Å². The Bertz CT molecular complexity index is 1040. The molecule has 124 valence electrons. The van der Waals surface area contributed by atoms with Crippen LogP contribution in [0.15, 0.2) is 33.5 Å². The normalized spacial score (nSPS) is 13.5. The summed E-state index contributed by atoms with van der Waals surface area (Å²) in [6.45, 7) is 4.18. The lowest BCUT2D eigenvalue weighted by molar-refractivity contribution is 0.672. The number of thiophene rings is 1. The summed E-state index contributed by atoms with van der Waals surface area (Å²) in [5.41, 5.74) is 1.83. The van der Waals surface area contributed by atoms with Crippen LogP contribution in [0.1, 0.15) is 22.6 Å². The number of hydrogen-bond acceptors (Lipinski definition) is 5. The van der Waals surface area contributed by atoms with Crippen LogP contribution in [0.5, 0.6) is 0 Å². The van der Waals surface area contributed by atoms with Crippen LogP contribution in [0.4, 0.5) is 0 Å². The number of rotatable bonds is 5. The maximum absolute atomic E-state index is 13.0. The SMILES string of the molecule is C=CCn1c(SCc2cc(=O)[nH][nH]2)nc2sc3c(c2c1=O)CCC3. The number of aryl methyl sites for hydroxylation is 2. The Morgan fingerprint density at radius 2 is 2.25 bits per heavy atom. The molecule has 0 saturated carbocycles. The van der Waals surface area contributed by atoms with Gasteiger partial charge < -0.3 is 5.10 Å². The molecule has 0 fully saturated rings. The van der Waals surface area contributed by atoms with Crippen molar-refractivity contribution in [1.82, 2.24) is 19.7 Å². The summed E-state index contributed by atoms with van der Waals surface area (Å²) in [5, 5.41) is 6.78. The molecule has 0 atom stereocenters. The average Bonchev–Trinajstić information content (AvgIpc) is 3.24. The quantitative estimate of drug-likeness (QED) is 0.416. The van der Waals surface area contributed by atoms with Gasteiger partial charge in [-0.15, -0.1) is 17.9 Å². The summed E-state index contributed by atoms with van der Waals surface area (Å²) >= 11 is 3.08. The standard InChI is InChI=1S/C16H16N4O2S2/c1-2-6-20-15(22)13-10-4-3-5-11(10)24-14(13)17-16(20)23-8-9-7-12(21)19-18-9/h2,7H,1,3-6,8H2,(H2,18,19,21). The Morgan fingerprint density at radius 1 is 1.38 bits per heavy atom. The first-order chi connectivity index (χ1) is 11.7. The van der Waals surface area contributed by atoms with Gasteiger partial charge in [-0.25, -0.2) is 4.98 Å². The third-order valence-electron chi connectivity index (χ3n) is 4.11. The Balaban J connectivity index is 1.78. The van der Waals surface area contributed by atoms with Crippen LogP contribution in [0.2, 0.25) is 0 Å². The smallest absolute Gasteiger partial charge is 0.264 e. The zero-order valence-electron chi connectivity index (χ0n) is 12.9. The van der Waals surface area contributed by atoms with E-state index in [-0.39, 0.29) is 11.1 Å². The Morgan fingerprint density at radius 3 is 3.00 bits per heavy atom. The minimum absolute atomic E-state index is 0.0179. The van der Waals surface area contributed by atoms with E-state index in [9.17, 15) is 9.59 Å². The minimum Gasteiger partial charge on any atom is -0.301 e. The molecule has 3 aromatic heterocycles. The number of hydrogen-bond donors (Lipinski definition) is 2. The van der Waals surface area contributed by atoms with Gasteiger partial charge in [-0.3, -0.25) is 19.3 Å². The molecular weight excluding hydrogens is 344 g/mol. The van der Waals surface area contributed by atoms with Crippen molar-refractivity contribution >= 4 is 33.3 Å². The zero-order valence-corrected chi connectivity index (χ0v) is 14.6. The van der Waals surface area contributed by atoms with Crippen molar-refractivity contribution in [3.63, 3.8) is 0 Å². The summed E-state index contributed by atoms with van der Waals surface area (Å²) < 4.78 is 1.68. The summed E-state index contributed by atoms with van der Waals surface area (Å²) in [6, 6.07) is 1.52. The van der Waals surface area contributed by atoms with Crippen LogP contribution in [-0.2, 0) is 25.1 Å². The van der Waals surface area contributed by atoms with Crippen molar-refractivity contribution in [3.05, 3.63) is 55.6 Å². The Hall–Kier alpha value is -2.06. The molecule has 1 aliphatic rings. The van der Waals surface area contributed by atoms with Gasteiger partial charge in [0.2, 0.25) is 0 Å². The van der Waals surface area contributed by atoms with Crippen LogP contribution in [-0.4, -0.2) is 19.7 Å². The van der Waals surface area contributed by atoms with E-state index in [1.807, 2.05) is 0 Å². The Labute approximate surface area is 145 Å². The van der Waals surface area contributed by atoms with Gasteiger partial charge in [0, 0.05) is 28.9 Å². The van der Waals surface area contributed by atoms with Crippen molar-refractivity contribution in [2.24, 2.45) is 0 Å². The van der Waals surface area contributed by atoms with E-state index in [0.29, 0.717) is 17.5 Å². The molecule has 2 N–H and O–H groups in total. The van der Waals surface area contributed by atoms with Crippen molar-refractivity contribution in [3.8, 4) is 0 Å². The van der Waals surface area contributed by atoms with Gasteiger partial charge in [0.05, 0.1) is 5.39 Å². The fourth-order valence-electron chi connectivity index (χ4n) is 3.05. The molecule has 4 rings (SSSR count). The van der Waals surface area contributed by atoms with Gasteiger partial charge in [0.25, 0.3) is 11.1 Å². The van der Waals surface area contributed by atoms with Crippen molar-refractivity contribution in [1.29, 1.82) is 0 Å². The van der Waals surface area contributed by atoms with E-state index in [1.165, 1.54) is 28.3 Å². The number of H-pyrrole nitrogens is 2. The third-order valence-corrected chi connectivity index (χ3v) is 6.32. The Kier molecular flexibility index (Phi) is 3.93. The van der Waals surface area contributed by atoms with Crippen LogP contribution in [0, 0.1) is 0 Å². The summed E-state index contributed by atoms with van der Waals surface area (Å²) in [4.78, 5) is 31.0. The van der Waals surface area contributed by atoms with Gasteiger partial charge in [-0.1, -0.05) is 17.8 Å². The predicted molar refractivity (Wildman–Crippen MR) is 97.1 cm³/mol.